The van der Waals surface area contributed by atoms with Crippen molar-refractivity contribution in [1.82, 2.24) is 4.98 Å². The number of pyridine rings is 1. The van der Waals surface area contributed by atoms with Gasteiger partial charge in [0.2, 0.25) is 5.88 Å². The van der Waals surface area contributed by atoms with E-state index in [4.69, 9.17) is 19.3 Å². The molecule has 98 valence electrons. The number of carboxylic acid groups (broad SMARTS) is 1. The van der Waals surface area contributed by atoms with Crippen LogP contribution in [-0.2, 0) is 9.47 Å². The average molecular weight is 253 g/mol. The van der Waals surface area contributed by atoms with Crippen LogP contribution in [0.1, 0.15) is 24.3 Å². The first-order valence-corrected chi connectivity index (χ1v) is 5.61. The molecule has 1 aromatic heterocycles. The number of rotatable bonds is 4. The standard InChI is InChI=1S/C12H15NO5/c1-12(2)17-7-8(18-12)6-16-10-5-3-4-9(13-10)11(14)15/h3-5,8H,6-7H2,1-2H3,(H,14,15). The summed E-state index contributed by atoms with van der Waals surface area (Å²) in [6, 6.07) is 4.60. The highest BCUT2D eigenvalue weighted by molar-refractivity contribution is 5.85. The van der Waals surface area contributed by atoms with Gasteiger partial charge in [-0.15, -0.1) is 0 Å². The Morgan fingerprint density at radius 1 is 1.61 bits per heavy atom. The second-order valence-electron chi connectivity index (χ2n) is 4.43. The lowest BCUT2D eigenvalue weighted by Crippen LogP contribution is -2.25. The highest BCUT2D eigenvalue weighted by Crippen LogP contribution is 2.22. The molecule has 18 heavy (non-hydrogen) atoms. The molecule has 0 saturated carbocycles. The lowest BCUT2D eigenvalue weighted by Gasteiger charge is -2.17. The molecule has 1 unspecified atom stereocenters. The molecule has 0 aromatic carbocycles. The Kier molecular flexibility index (Phi) is 3.49. The van der Waals surface area contributed by atoms with Crippen LogP contribution in [0.5, 0.6) is 5.88 Å². The Bertz CT molecular complexity index is 446. The third kappa shape index (κ3) is 3.18. The van der Waals surface area contributed by atoms with Gasteiger partial charge in [-0.3, -0.25) is 0 Å². The van der Waals surface area contributed by atoms with E-state index in [1.165, 1.54) is 6.07 Å². The first kappa shape index (κ1) is 12.8. The Hall–Kier alpha value is -1.66. The van der Waals surface area contributed by atoms with Crippen molar-refractivity contribution < 1.29 is 24.1 Å². The molecular weight excluding hydrogens is 238 g/mol. The summed E-state index contributed by atoms with van der Waals surface area (Å²) in [5.41, 5.74) is -0.0450. The van der Waals surface area contributed by atoms with E-state index in [1.54, 1.807) is 12.1 Å². The van der Waals surface area contributed by atoms with Gasteiger partial charge in [0.1, 0.15) is 12.7 Å². The molecule has 1 aliphatic rings. The summed E-state index contributed by atoms with van der Waals surface area (Å²) in [6.45, 7) is 4.39. The molecule has 1 saturated heterocycles. The molecule has 0 radical (unpaired) electrons. The van der Waals surface area contributed by atoms with Gasteiger partial charge in [-0.2, -0.15) is 0 Å². The monoisotopic (exact) mass is 253 g/mol. The number of nitrogens with zero attached hydrogens (tertiary/aromatic N) is 1. The number of carboxylic acids is 1. The fourth-order valence-corrected chi connectivity index (χ4v) is 1.64. The van der Waals surface area contributed by atoms with Crippen LogP contribution < -0.4 is 4.74 Å². The molecule has 1 atom stereocenters. The summed E-state index contributed by atoms with van der Waals surface area (Å²) in [7, 11) is 0. The molecule has 0 aliphatic carbocycles. The minimum absolute atomic E-state index is 0.0450. The maximum Gasteiger partial charge on any atom is 0.354 e. The van der Waals surface area contributed by atoms with Gasteiger partial charge < -0.3 is 19.3 Å². The van der Waals surface area contributed by atoms with Crippen LogP contribution in [-0.4, -0.2) is 41.2 Å². The Morgan fingerprint density at radius 3 is 3.00 bits per heavy atom. The van der Waals surface area contributed by atoms with Gasteiger partial charge in [0.05, 0.1) is 6.61 Å². The lowest BCUT2D eigenvalue weighted by atomic mass is 10.3. The van der Waals surface area contributed by atoms with E-state index in [0.717, 1.165) is 0 Å². The first-order valence-electron chi connectivity index (χ1n) is 5.61. The third-order valence-corrected chi connectivity index (χ3v) is 2.43. The number of carbonyl (C=O) groups is 1. The van der Waals surface area contributed by atoms with Gasteiger partial charge in [0.15, 0.2) is 11.5 Å². The van der Waals surface area contributed by atoms with Crippen LogP contribution in [0.15, 0.2) is 18.2 Å². The second-order valence-corrected chi connectivity index (χ2v) is 4.43. The van der Waals surface area contributed by atoms with Crippen LogP contribution in [0.4, 0.5) is 0 Å². The summed E-state index contributed by atoms with van der Waals surface area (Å²) in [5, 5.41) is 8.79. The Labute approximate surface area is 104 Å². The molecule has 0 amide bonds. The smallest absolute Gasteiger partial charge is 0.354 e. The minimum Gasteiger partial charge on any atom is -0.477 e. The van der Waals surface area contributed by atoms with Crippen molar-refractivity contribution in [1.29, 1.82) is 0 Å². The normalized spacial score (nSPS) is 21.8. The third-order valence-electron chi connectivity index (χ3n) is 2.43. The molecule has 1 fully saturated rings. The summed E-state index contributed by atoms with van der Waals surface area (Å²) in [5.74, 6) is -1.41. The number of aromatic nitrogens is 1. The quantitative estimate of drug-likeness (QED) is 0.871. The fraction of sp³-hybridized carbons (Fsp3) is 0.500. The van der Waals surface area contributed by atoms with Gasteiger partial charge in [0.25, 0.3) is 0 Å². The van der Waals surface area contributed by atoms with E-state index < -0.39 is 11.8 Å². The number of hydrogen-bond donors (Lipinski definition) is 1. The highest BCUT2D eigenvalue weighted by Gasteiger charge is 2.33. The van der Waals surface area contributed by atoms with Crippen LogP contribution in [0.3, 0.4) is 0 Å². The summed E-state index contributed by atoms with van der Waals surface area (Å²) < 4.78 is 16.3. The maximum atomic E-state index is 10.7. The van der Waals surface area contributed by atoms with Gasteiger partial charge in [-0.05, 0) is 19.9 Å². The van der Waals surface area contributed by atoms with Crippen LogP contribution in [0.2, 0.25) is 0 Å². The number of ether oxygens (including phenoxy) is 3. The van der Waals surface area contributed by atoms with Gasteiger partial charge in [-0.1, -0.05) is 6.07 Å². The van der Waals surface area contributed by atoms with Crippen molar-refractivity contribution in [2.45, 2.75) is 25.7 Å². The highest BCUT2D eigenvalue weighted by atomic mass is 16.7. The number of aromatic carboxylic acids is 1. The zero-order valence-corrected chi connectivity index (χ0v) is 10.3. The van der Waals surface area contributed by atoms with Crippen molar-refractivity contribution in [3.05, 3.63) is 23.9 Å². The van der Waals surface area contributed by atoms with Crippen LogP contribution in [0.25, 0.3) is 0 Å². The van der Waals surface area contributed by atoms with Crippen molar-refractivity contribution in [2.75, 3.05) is 13.2 Å². The predicted octanol–water partition coefficient (Wildman–Crippen LogP) is 1.31. The first-order chi connectivity index (χ1) is 8.46. The Balaban J connectivity index is 1.91. The maximum absolute atomic E-state index is 10.7. The molecule has 0 bridgehead atoms. The summed E-state index contributed by atoms with van der Waals surface area (Å²) >= 11 is 0. The predicted molar refractivity (Wildman–Crippen MR) is 61.6 cm³/mol. The molecule has 1 aliphatic heterocycles. The van der Waals surface area contributed by atoms with E-state index in [9.17, 15) is 4.79 Å². The van der Waals surface area contributed by atoms with Crippen molar-refractivity contribution >= 4 is 5.97 Å². The zero-order valence-electron chi connectivity index (χ0n) is 10.3. The summed E-state index contributed by atoms with van der Waals surface area (Å²) in [4.78, 5) is 14.6. The van der Waals surface area contributed by atoms with Crippen molar-refractivity contribution in [3.8, 4) is 5.88 Å². The van der Waals surface area contributed by atoms with E-state index in [0.29, 0.717) is 6.61 Å². The van der Waals surface area contributed by atoms with Crippen molar-refractivity contribution in [3.63, 3.8) is 0 Å². The largest absolute Gasteiger partial charge is 0.477 e. The Morgan fingerprint density at radius 2 is 2.39 bits per heavy atom. The molecule has 6 nitrogen and oxygen atoms in total. The topological polar surface area (TPSA) is 77.9 Å². The van der Waals surface area contributed by atoms with E-state index >= 15 is 0 Å². The van der Waals surface area contributed by atoms with Crippen LogP contribution in [0, 0.1) is 0 Å². The average Bonchev–Trinajstić information content (AvgIpc) is 2.67. The molecule has 1 aromatic rings. The minimum atomic E-state index is -1.08. The lowest BCUT2D eigenvalue weighted by molar-refractivity contribution is -0.141. The molecule has 1 N–H and O–H groups in total. The van der Waals surface area contributed by atoms with Crippen LogP contribution >= 0.6 is 0 Å². The molecule has 2 rings (SSSR count). The van der Waals surface area contributed by atoms with Crippen molar-refractivity contribution in [2.24, 2.45) is 0 Å². The SMILES string of the molecule is CC1(C)OCC(COc2cccc(C(=O)O)n2)O1. The van der Waals surface area contributed by atoms with E-state index in [2.05, 4.69) is 4.98 Å². The second kappa shape index (κ2) is 4.91. The number of hydrogen-bond acceptors (Lipinski definition) is 5. The fourth-order valence-electron chi connectivity index (χ4n) is 1.64. The molecule has 0 spiro atoms. The summed E-state index contributed by atoms with van der Waals surface area (Å²) in [6.07, 6.45) is -0.171. The van der Waals surface area contributed by atoms with Gasteiger partial charge in [-0.25, -0.2) is 9.78 Å². The zero-order chi connectivity index (χ0) is 13.2. The molecule has 2 heterocycles. The molecule has 6 heteroatoms. The van der Waals surface area contributed by atoms with E-state index in [1.807, 2.05) is 13.8 Å². The van der Waals surface area contributed by atoms with Gasteiger partial charge in [0, 0.05) is 6.07 Å². The molecular formula is C12H15NO5. The van der Waals surface area contributed by atoms with Gasteiger partial charge >= 0.3 is 5.97 Å². The van der Waals surface area contributed by atoms with E-state index in [-0.39, 0.29) is 24.3 Å².